The highest BCUT2D eigenvalue weighted by Gasteiger charge is 2.15. The Morgan fingerprint density at radius 2 is 0.964 bits per heavy atom. The standard InChI is InChI=1S/C24H41BrO3/c1-4-7-10-13-16-26-22-19-21(25)20-23(27-17-14-11-8-5-2)24(22)28-18-15-12-9-6-3/h19-20H,4-18H2,1-3H3. The second kappa shape index (κ2) is 17.0. The first-order valence-corrected chi connectivity index (χ1v) is 12.2. The molecule has 0 aromatic heterocycles. The summed E-state index contributed by atoms with van der Waals surface area (Å²) in [4.78, 5) is 0. The monoisotopic (exact) mass is 456 g/mol. The summed E-state index contributed by atoms with van der Waals surface area (Å²) in [7, 11) is 0. The van der Waals surface area contributed by atoms with E-state index in [9.17, 15) is 0 Å². The van der Waals surface area contributed by atoms with E-state index in [2.05, 4.69) is 36.7 Å². The minimum Gasteiger partial charge on any atom is -0.490 e. The summed E-state index contributed by atoms with van der Waals surface area (Å²) >= 11 is 3.60. The van der Waals surface area contributed by atoms with Crippen LogP contribution in [0.2, 0.25) is 0 Å². The third kappa shape index (κ3) is 11.2. The molecule has 162 valence electrons. The number of unbranched alkanes of at least 4 members (excludes halogenated alkanes) is 9. The maximum absolute atomic E-state index is 6.16. The normalized spacial score (nSPS) is 10.9. The van der Waals surface area contributed by atoms with Crippen LogP contribution in [0.1, 0.15) is 97.8 Å². The zero-order valence-electron chi connectivity index (χ0n) is 18.4. The van der Waals surface area contributed by atoms with Gasteiger partial charge in [0, 0.05) is 4.47 Å². The Bertz CT molecular complexity index is 470. The Morgan fingerprint density at radius 3 is 1.36 bits per heavy atom. The lowest BCUT2D eigenvalue weighted by Crippen LogP contribution is -2.06. The molecule has 1 aromatic carbocycles. The van der Waals surface area contributed by atoms with Crippen LogP contribution in [0.25, 0.3) is 0 Å². The van der Waals surface area contributed by atoms with Crippen molar-refractivity contribution in [1.82, 2.24) is 0 Å². The fraction of sp³-hybridized carbons (Fsp3) is 0.750. The van der Waals surface area contributed by atoms with E-state index in [1.54, 1.807) is 0 Å². The lowest BCUT2D eigenvalue weighted by Gasteiger charge is -2.18. The van der Waals surface area contributed by atoms with Gasteiger partial charge in [-0.1, -0.05) is 94.5 Å². The van der Waals surface area contributed by atoms with Gasteiger partial charge in [-0.25, -0.2) is 0 Å². The lowest BCUT2D eigenvalue weighted by molar-refractivity contribution is 0.234. The van der Waals surface area contributed by atoms with Gasteiger partial charge in [-0.15, -0.1) is 0 Å². The minimum absolute atomic E-state index is 0.708. The molecule has 0 amide bonds. The van der Waals surface area contributed by atoms with Crippen LogP contribution in [-0.4, -0.2) is 19.8 Å². The zero-order chi connectivity index (χ0) is 20.5. The molecule has 0 bridgehead atoms. The van der Waals surface area contributed by atoms with Crippen LogP contribution in [0.5, 0.6) is 17.2 Å². The summed E-state index contributed by atoms with van der Waals surface area (Å²) in [5.74, 6) is 2.36. The van der Waals surface area contributed by atoms with Crippen molar-refractivity contribution in [1.29, 1.82) is 0 Å². The average Bonchev–Trinajstić information content (AvgIpc) is 2.69. The largest absolute Gasteiger partial charge is 0.490 e. The predicted octanol–water partition coefficient (Wildman–Crippen LogP) is 8.33. The summed E-state index contributed by atoms with van der Waals surface area (Å²) in [6.07, 6.45) is 14.3. The van der Waals surface area contributed by atoms with E-state index in [-0.39, 0.29) is 0 Å². The second-order valence-corrected chi connectivity index (χ2v) is 8.37. The smallest absolute Gasteiger partial charge is 0.203 e. The molecule has 0 aliphatic heterocycles. The molecule has 0 unspecified atom stereocenters. The fourth-order valence-electron chi connectivity index (χ4n) is 3.03. The molecule has 4 heteroatoms. The number of halogens is 1. The van der Waals surface area contributed by atoms with E-state index in [0.717, 1.165) is 54.2 Å². The summed E-state index contributed by atoms with van der Waals surface area (Å²) in [6, 6.07) is 4.01. The summed E-state index contributed by atoms with van der Waals surface area (Å²) in [5.41, 5.74) is 0. The highest BCUT2D eigenvalue weighted by Crippen LogP contribution is 2.41. The minimum atomic E-state index is 0.708. The van der Waals surface area contributed by atoms with E-state index in [1.807, 2.05) is 12.1 Å². The van der Waals surface area contributed by atoms with Crippen LogP contribution in [0.15, 0.2) is 16.6 Å². The molecule has 28 heavy (non-hydrogen) atoms. The van der Waals surface area contributed by atoms with Gasteiger partial charge >= 0.3 is 0 Å². The van der Waals surface area contributed by atoms with Crippen molar-refractivity contribution in [3.05, 3.63) is 16.6 Å². The molecule has 1 aromatic rings. The number of hydrogen-bond acceptors (Lipinski definition) is 3. The highest BCUT2D eigenvalue weighted by molar-refractivity contribution is 9.10. The molecular formula is C24H41BrO3. The van der Waals surface area contributed by atoms with Crippen molar-refractivity contribution in [2.24, 2.45) is 0 Å². The first-order chi connectivity index (χ1) is 13.7. The molecule has 0 spiro atoms. The molecule has 0 saturated carbocycles. The first kappa shape index (κ1) is 25.1. The van der Waals surface area contributed by atoms with Gasteiger partial charge in [-0.05, 0) is 31.4 Å². The van der Waals surface area contributed by atoms with Gasteiger partial charge in [0.1, 0.15) is 0 Å². The van der Waals surface area contributed by atoms with Crippen molar-refractivity contribution in [2.45, 2.75) is 97.8 Å². The van der Waals surface area contributed by atoms with Crippen LogP contribution >= 0.6 is 15.9 Å². The van der Waals surface area contributed by atoms with Crippen LogP contribution in [0.3, 0.4) is 0 Å². The van der Waals surface area contributed by atoms with Crippen molar-refractivity contribution in [2.75, 3.05) is 19.8 Å². The third-order valence-electron chi connectivity index (χ3n) is 4.74. The molecule has 0 aliphatic rings. The van der Waals surface area contributed by atoms with Gasteiger partial charge in [0.2, 0.25) is 5.75 Å². The van der Waals surface area contributed by atoms with Crippen molar-refractivity contribution >= 4 is 15.9 Å². The van der Waals surface area contributed by atoms with E-state index >= 15 is 0 Å². The van der Waals surface area contributed by atoms with E-state index in [0.29, 0.717) is 6.61 Å². The number of benzene rings is 1. The summed E-state index contributed by atoms with van der Waals surface area (Å²) in [6.45, 7) is 8.83. The van der Waals surface area contributed by atoms with Crippen LogP contribution in [0.4, 0.5) is 0 Å². The Hall–Kier alpha value is -0.900. The molecule has 0 aliphatic carbocycles. The summed E-state index contributed by atoms with van der Waals surface area (Å²) in [5, 5.41) is 0. The van der Waals surface area contributed by atoms with Gasteiger partial charge < -0.3 is 14.2 Å². The number of ether oxygens (including phenoxy) is 3. The van der Waals surface area contributed by atoms with Gasteiger partial charge in [-0.3, -0.25) is 0 Å². The maximum atomic E-state index is 6.16. The second-order valence-electron chi connectivity index (χ2n) is 7.46. The molecule has 0 fully saturated rings. The van der Waals surface area contributed by atoms with Crippen molar-refractivity contribution < 1.29 is 14.2 Å². The summed E-state index contributed by atoms with van der Waals surface area (Å²) < 4.78 is 19.3. The Balaban J connectivity index is 2.72. The third-order valence-corrected chi connectivity index (χ3v) is 5.20. The fourth-order valence-corrected chi connectivity index (χ4v) is 3.44. The molecule has 0 radical (unpaired) electrons. The molecule has 1 rings (SSSR count). The Morgan fingerprint density at radius 1 is 0.571 bits per heavy atom. The predicted molar refractivity (Wildman–Crippen MR) is 123 cm³/mol. The van der Waals surface area contributed by atoms with Crippen molar-refractivity contribution in [3.8, 4) is 17.2 Å². The van der Waals surface area contributed by atoms with E-state index < -0.39 is 0 Å². The molecule has 3 nitrogen and oxygen atoms in total. The number of rotatable bonds is 18. The molecule has 0 atom stereocenters. The number of hydrogen-bond donors (Lipinski definition) is 0. The van der Waals surface area contributed by atoms with E-state index in [4.69, 9.17) is 14.2 Å². The topological polar surface area (TPSA) is 27.7 Å². The van der Waals surface area contributed by atoms with Gasteiger partial charge in [0.15, 0.2) is 11.5 Å². The molecule has 0 saturated heterocycles. The van der Waals surface area contributed by atoms with E-state index in [1.165, 1.54) is 57.8 Å². The van der Waals surface area contributed by atoms with Crippen LogP contribution in [0, 0.1) is 0 Å². The maximum Gasteiger partial charge on any atom is 0.203 e. The lowest BCUT2D eigenvalue weighted by atomic mass is 10.2. The zero-order valence-corrected chi connectivity index (χ0v) is 20.0. The highest BCUT2D eigenvalue weighted by atomic mass is 79.9. The Kier molecular flexibility index (Phi) is 15.3. The van der Waals surface area contributed by atoms with Gasteiger partial charge in [0.25, 0.3) is 0 Å². The van der Waals surface area contributed by atoms with Gasteiger partial charge in [-0.2, -0.15) is 0 Å². The first-order valence-electron chi connectivity index (χ1n) is 11.4. The molecule has 0 heterocycles. The van der Waals surface area contributed by atoms with Gasteiger partial charge in [0.05, 0.1) is 19.8 Å². The quantitative estimate of drug-likeness (QED) is 0.207. The molecule has 0 N–H and O–H groups in total. The van der Waals surface area contributed by atoms with Crippen molar-refractivity contribution in [3.63, 3.8) is 0 Å². The molecular weight excluding hydrogens is 416 g/mol. The van der Waals surface area contributed by atoms with Crippen LogP contribution in [-0.2, 0) is 0 Å². The SMILES string of the molecule is CCCCCCOc1cc(Br)cc(OCCCCCC)c1OCCCCCC. The van der Waals surface area contributed by atoms with Crippen LogP contribution < -0.4 is 14.2 Å². The average molecular weight is 457 g/mol. The Labute approximate surface area is 181 Å².